The first kappa shape index (κ1) is 15.9. The van der Waals surface area contributed by atoms with Crippen molar-refractivity contribution in [1.29, 1.82) is 0 Å². The van der Waals surface area contributed by atoms with Gasteiger partial charge in [-0.15, -0.1) is 5.10 Å². The standard InChI is InChI=1S/C18H18FN5/c19-16-9-5-4-8-15(16)10-11-20-17-13-22-24-18(23-17)21-12-14-6-2-1-3-7-14/h1-9,13H,10-12H2,(H2,20,21,23,24). The zero-order valence-electron chi connectivity index (χ0n) is 13.1. The van der Waals surface area contributed by atoms with Gasteiger partial charge in [0.05, 0.1) is 6.20 Å². The van der Waals surface area contributed by atoms with Crippen LogP contribution in [0.1, 0.15) is 11.1 Å². The molecule has 122 valence electrons. The fourth-order valence-electron chi connectivity index (χ4n) is 2.27. The van der Waals surface area contributed by atoms with Crippen LogP contribution in [-0.4, -0.2) is 21.7 Å². The first-order valence-corrected chi connectivity index (χ1v) is 7.76. The molecule has 1 heterocycles. The molecule has 2 N–H and O–H groups in total. The highest BCUT2D eigenvalue weighted by Gasteiger charge is 2.03. The maximum Gasteiger partial charge on any atom is 0.244 e. The molecule has 6 heteroatoms. The monoisotopic (exact) mass is 323 g/mol. The highest BCUT2D eigenvalue weighted by atomic mass is 19.1. The zero-order chi connectivity index (χ0) is 16.6. The van der Waals surface area contributed by atoms with E-state index in [1.807, 2.05) is 36.4 Å². The van der Waals surface area contributed by atoms with E-state index in [2.05, 4.69) is 25.8 Å². The molecule has 0 saturated carbocycles. The van der Waals surface area contributed by atoms with Gasteiger partial charge in [0.15, 0.2) is 5.82 Å². The van der Waals surface area contributed by atoms with Crippen LogP contribution in [0, 0.1) is 5.82 Å². The fraction of sp³-hybridized carbons (Fsp3) is 0.167. The lowest BCUT2D eigenvalue weighted by Crippen LogP contribution is -2.10. The maximum absolute atomic E-state index is 13.6. The normalized spacial score (nSPS) is 10.4. The van der Waals surface area contributed by atoms with Gasteiger partial charge in [0, 0.05) is 13.1 Å². The van der Waals surface area contributed by atoms with Crippen molar-refractivity contribution in [3.8, 4) is 0 Å². The van der Waals surface area contributed by atoms with E-state index < -0.39 is 0 Å². The molecule has 0 fully saturated rings. The third kappa shape index (κ3) is 4.49. The Morgan fingerprint density at radius 2 is 1.71 bits per heavy atom. The summed E-state index contributed by atoms with van der Waals surface area (Å²) in [5.41, 5.74) is 1.81. The van der Waals surface area contributed by atoms with Gasteiger partial charge >= 0.3 is 0 Å². The van der Waals surface area contributed by atoms with E-state index in [0.717, 1.165) is 5.56 Å². The lowest BCUT2D eigenvalue weighted by Gasteiger charge is -2.08. The Hall–Kier alpha value is -3.02. The molecule has 2 aromatic carbocycles. The van der Waals surface area contributed by atoms with Gasteiger partial charge in [-0.1, -0.05) is 48.5 Å². The molecular weight excluding hydrogens is 305 g/mol. The third-order valence-corrected chi connectivity index (χ3v) is 3.51. The number of halogens is 1. The molecule has 0 aliphatic heterocycles. The van der Waals surface area contributed by atoms with Crippen LogP contribution in [0.3, 0.4) is 0 Å². The van der Waals surface area contributed by atoms with Crippen molar-refractivity contribution in [2.45, 2.75) is 13.0 Å². The van der Waals surface area contributed by atoms with E-state index in [1.54, 1.807) is 18.3 Å². The van der Waals surface area contributed by atoms with Crippen LogP contribution in [0.4, 0.5) is 16.2 Å². The highest BCUT2D eigenvalue weighted by molar-refractivity contribution is 5.37. The minimum Gasteiger partial charge on any atom is -0.368 e. The van der Waals surface area contributed by atoms with Crippen molar-refractivity contribution in [2.75, 3.05) is 17.2 Å². The summed E-state index contributed by atoms with van der Waals surface area (Å²) in [6, 6.07) is 16.7. The maximum atomic E-state index is 13.6. The lowest BCUT2D eigenvalue weighted by molar-refractivity contribution is 0.610. The topological polar surface area (TPSA) is 62.7 Å². The number of hydrogen-bond acceptors (Lipinski definition) is 5. The summed E-state index contributed by atoms with van der Waals surface area (Å²) in [6.45, 7) is 1.19. The molecule has 3 aromatic rings. The van der Waals surface area contributed by atoms with Crippen LogP contribution >= 0.6 is 0 Å². The summed E-state index contributed by atoms with van der Waals surface area (Å²) >= 11 is 0. The van der Waals surface area contributed by atoms with E-state index in [1.165, 1.54) is 6.07 Å². The molecule has 0 aliphatic rings. The molecule has 0 atom stereocenters. The van der Waals surface area contributed by atoms with Gasteiger partial charge in [0.2, 0.25) is 5.95 Å². The van der Waals surface area contributed by atoms with E-state index in [9.17, 15) is 4.39 Å². The molecule has 0 spiro atoms. The van der Waals surface area contributed by atoms with Gasteiger partial charge in [-0.25, -0.2) is 4.39 Å². The molecular formula is C18H18FN5. The van der Waals surface area contributed by atoms with E-state index in [-0.39, 0.29) is 5.82 Å². The Balaban J connectivity index is 1.52. The molecule has 1 aromatic heterocycles. The second kappa shape index (κ2) is 8.01. The molecule has 0 amide bonds. The molecule has 0 bridgehead atoms. The minimum absolute atomic E-state index is 0.190. The number of benzene rings is 2. The van der Waals surface area contributed by atoms with Crippen molar-refractivity contribution in [3.05, 3.63) is 77.7 Å². The smallest absolute Gasteiger partial charge is 0.244 e. The molecule has 0 radical (unpaired) electrons. The Bertz CT molecular complexity index is 779. The molecule has 3 rings (SSSR count). The molecule has 0 unspecified atom stereocenters. The van der Waals surface area contributed by atoms with Gasteiger partial charge in [-0.3, -0.25) is 0 Å². The van der Waals surface area contributed by atoms with E-state index in [0.29, 0.717) is 36.8 Å². The fourth-order valence-corrected chi connectivity index (χ4v) is 2.27. The summed E-state index contributed by atoms with van der Waals surface area (Å²) in [5, 5.41) is 14.2. The number of nitrogens with zero attached hydrogens (tertiary/aromatic N) is 3. The van der Waals surface area contributed by atoms with Crippen LogP contribution in [0.2, 0.25) is 0 Å². The van der Waals surface area contributed by atoms with Crippen molar-refractivity contribution in [2.24, 2.45) is 0 Å². The molecule has 5 nitrogen and oxygen atoms in total. The number of anilines is 2. The third-order valence-electron chi connectivity index (χ3n) is 3.51. The second-order valence-corrected chi connectivity index (χ2v) is 5.27. The van der Waals surface area contributed by atoms with Crippen molar-refractivity contribution in [3.63, 3.8) is 0 Å². The predicted molar refractivity (Wildman–Crippen MR) is 92.2 cm³/mol. The highest BCUT2D eigenvalue weighted by Crippen LogP contribution is 2.09. The Morgan fingerprint density at radius 3 is 2.54 bits per heavy atom. The second-order valence-electron chi connectivity index (χ2n) is 5.27. The Kier molecular flexibility index (Phi) is 5.29. The van der Waals surface area contributed by atoms with Gasteiger partial charge in [-0.2, -0.15) is 10.1 Å². The molecule has 0 aliphatic carbocycles. The van der Waals surface area contributed by atoms with Crippen molar-refractivity contribution in [1.82, 2.24) is 15.2 Å². The van der Waals surface area contributed by atoms with Crippen molar-refractivity contribution >= 4 is 11.8 Å². The summed E-state index contributed by atoms with van der Waals surface area (Å²) < 4.78 is 13.6. The van der Waals surface area contributed by atoms with Crippen LogP contribution < -0.4 is 10.6 Å². The van der Waals surface area contributed by atoms with Crippen LogP contribution in [0.15, 0.2) is 60.8 Å². The molecule has 0 saturated heterocycles. The quantitative estimate of drug-likeness (QED) is 0.699. The van der Waals surface area contributed by atoms with Crippen LogP contribution in [0.25, 0.3) is 0 Å². The predicted octanol–water partition coefficient (Wildman–Crippen LogP) is 3.28. The first-order chi connectivity index (χ1) is 11.8. The average molecular weight is 323 g/mol. The van der Waals surface area contributed by atoms with Crippen LogP contribution in [0.5, 0.6) is 0 Å². The molecule has 24 heavy (non-hydrogen) atoms. The summed E-state index contributed by atoms with van der Waals surface area (Å²) in [4.78, 5) is 4.35. The summed E-state index contributed by atoms with van der Waals surface area (Å²) in [7, 11) is 0. The zero-order valence-corrected chi connectivity index (χ0v) is 13.1. The number of rotatable bonds is 7. The van der Waals surface area contributed by atoms with E-state index >= 15 is 0 Å². The van der Waals surface area contributed by atoms with E-state index in [4.69, 9.17) is 0 Å². The number of aromatic nitrogens is 3. The minimum atomic E-state index is -0.190. The largest absolute Gasteiger partial charge is 0.368 e. The van der Waals surface area contributed by atoms with Gasteiger partial charge in [0.1, 0.15) is 5.82 Å². The van der Waals surface area contributed by atoms with Crippen LogP contribution in [-0.2, 0) is 13.0 Å². The first-order valence-electron chi connectivity index (χ1n) is 7.76. The Morgan fingerprint density at radius 1 is 0.917 bits per heavy atom. The number of nitrogens with one attached hydrogen (secondary N) is 2. The summed E-state index contributed by atoms with van der Waals surface area (Å²) in [5.74, 6) is 0.872. The van der Waals surface area contributed by atoms with Gasteiger partial charge < -0.3 is 10.6 Å². The van der Waals surface area contributed by atoms with Gasteiger partial charge in [0.25, 0.3) is 0 Å². The summed E-state index contributed by atoms with van der Waals surface area (Å²) in [6.07, 6.45) is 2.12. The average Bonchev–Trinajstić information content (AvgIpc) is 2.63. The Labute approximate surface area is 140 Å². The lowest BCUT2D eigenvalue weighted by atomic mass is 10.1. The SMILES string of the molecule is Fc1ccccc1CCNc1cnnc(NCc2ccccc2)n1. The van der Waals surface area contributed by atoms with Crippen molar-refractivity contribution < 1.29 is 4.39 Å². The van der Waals surface area contributed by atoms with Gasteiger partial charge in [-0.05, 0) is 23.6 Å². The number of hydrogen-bond donors (Lipinski definition) is 2.